The highest BCUT2D eigenvalue weighted by Gasteiger charge is 2.16. The van der Waals surface area contributed by atoms with E-state index in [1.54, 1.807) is 0 Å². The van der Waals surface area contributed by atoms with Crippen molar-refractivity contribution in [2.24, 2.45) is 0 Å². The second-order valence-corrected chi connectivity index (χ2v) is 6.68. The molecule has 5 nitrogen and oxygen atoms in total. The van der Waals surface area contributed by atoms with Crippen LogP contribution in [0.25, 0.3) is 0 Å². The monoisotopic (exact) mass is 286 g/mol. The predicted molar refractivity (Wildman–Crippen MR) is 79.6 cm³/mol. The first-order chi connectivity index (χ1) is 9.37. The van der Waals surface area contributed by atoms with E-state index in [0.717, 1.165) is 12.8 Å². The summed E-state index contributed by atoms with van der Waals surface area (Å²) >= 11 is 0. The Morgan fingerprint density at radius 2 is 1.95 bits per heavy atom. The summed E-state index contributed by atoms with van der Waals surface area (Å²) in [6.07, 6.45) is 5.72. The molecule has 0 radical (unpaired) electrons. The molecule has 0 bridgehead atoms. The van der Waals surface area contributed by atoms with Crippen molar-refractivity contribution in [2.45, 2.75) is 70.6 Å². The molecule has 118 valence electrons. The van der Waals surface area contributed by atoms with Gasteiger partial charge in [0, 0.05) is 12.1 Å². The van der Waals surface area contributed by atoms with Crippen molar-refractivity contribution in [3.05, 3.63) is 0 Å². The average Bonchev–Trinajstić information content (AvgIpc) is 2.35. The molecule has 0 aromatic rings. The van der Waals surface area contributed by atoms with E-state index in [4.69, 9.17) is 4.74 Å². The van der Waals surface area contributed by atoms with Gasteiger partial charge in [0.05, 0.1) is 25.4 Å². The van der Waals surface area contributed by atoms with E-state index in [0.29, 0.717) is 19.3 Å². The Bertz CT molecular complexity index is 283. The van der Waals surface area contributed by atoms with E-state index in [-0.39, 0.29) is 18.0 Å². The molecule has 0 saturated heterocycles. The van der Waals surface area contributed by atoms with Crippen molar-refractivity contribution in [1.82, 2.24) is 10.6 Å². The van der Waals surface area contributed by atoms with Gasteiger partial charge in [-0.25, -0.2) is 0 Å². The standard InChI is InChI=1S/C15H30N2O3/c1-15(2,3)17-14(19)10-16-9-12(18)11-20-13-7-5-4-6-8-13/h12-13,16,18H,4-11H2,1-3H3,(H,17,19). The zero-order valence-corrected chi connectivity index (χ0v) is 13.1. The number of amides is 1. The minimum atomic E-state index is -0.556. The van der Waals surface area contributed by atoms with Crippen LogP contribution in [0.4, 0.5) is 0 Å². The summed E-state index contributed by atoms with van der Waals surface area (Å²) in [5.41, 5.74) is -0.221. The SMILES string of the molecule is CC(C)(C)NC(=O)CNCC(O)COC1CCCCC1. The number of aliphatic hydroxyl groups is 1. The van der Waals surface area contributed by atoms with Gasteiger partial charge in [0.25, 0.3) is 0 Å². The highest BCUT2D eigenvalue weighted by atomic mass is 16.5. The van der Waals surface area contributed by atoms with Gasteiger partial charge < -0.3 is 20.5 Å². The number of hydrogen-bond acceptors (Lipinski definition) is 4. The molecule has 1 atom stereocenters. The Morgan fingerprint density at radius 3 is 2.55 bits per heavy atom. The Hall–Kier alpha value is -0.650. The van der Waals surface area contributed by atoms with E-state index in [1.807, 2.05) is 20.8 Å². The second kappa shape index (κ2) is 8.60. The van der Waals surface area contributed by atoms with Gasteiger partial charge in [-0.05, 0) is 33.6 Å². The van der Waals surface area contributed by atoms with Crippen LogP contribution in [0.5, 0.6) is 0 Å². The second-order valence-electron chi connectivity index (χ2n) is 6.68. The number of aliphatic hydroxyl groups excluding tert-OH is 1. The first-order valence-corrected chi connectivity index (χ1v) is 7.68. The Balaban J connectivity index is 2.04. The predicted octanol–water partition coefficient (Wildman–Crippen LogP) is 1.20. The van der Waals surface area contributed by atoms with Gasteiger partial charge in [-0.1, -0.05) is 19.3 Å². The molecule has 1 saturated carbocycles. The molecule has 5 heteroatoms. The van der Waals surface area contributed by atoms with E-state index in [2.05, 4.69) is 10.6 Å². The zero-order chi connectivity index (χ0) is 15.0. The molecule has 1 unspecified atom stereocenters. The lowest BCUT2D eigenvalue weighted by Crippen LogP contribution is -2.46. The van der Waals surface area contributed by atoms with Gasteiger partial charge in [0.15, 0.2) is 0 Å². The van der Waals surface area contributed by atoms with Crippen LogP contribution in [0.15, 0.2) is 0 Å². The highest BCUT2D eigenvalue weighted by molar-refractivity contribution is 5.78. The van der Waals surface area contributed by atoms with Crippen LogP contribution in [-0.4, -0.2) is 48.5 Å². The normalized spacial score (nSPS) is 18.8. The summed E-state index contributed by atoms with van der Waals surface area (Å²) < 4.78 is 5.69. The van der Waals surface area contributed by atoms with Crippen molar-refractivity contribution in [1.29, 1.82) is 0 Å². The largest absolute Gasteiger partial charge is 0.389 e. The number of ether oxygens (including phenoxy) is 1. The molecule has 20 heavy (non-hydrogen) atoms. The number of hydrogen-bond donors (Lipinski definition) is 3. The summed E-state index contributed by atoms with van der Waals surface area (Å²) in [7, 11) is 0. The minimum Gasteiger partial charge on any atom is -0.389 e. The van der Waals surface area contributed by atoms with Gasteiger partial charge in [0.1, 0.15) is 0 Å². The zero-order valence-electron chi connectivity index (χ0n) is 13.1. The summed E-state index contributed by atoms with van der Waals surface area (Å²) in [5.74, 6) is -0.0575. The third kappa shape index (κ3) is 8.51. The van der Waals surface area contributed by atoms with Crippen LogP contribution in [0.2, 0.25) is 0 Å². The Morgan fingerprint density at radius 1 is 1.30 bits per heavy atom. The molecule has 1 aliphatic carbocycles. The summed E-state index contributed by atoms with van der Waals surface area (Å²) in [4.78, 5) is 11.6. The summed E-state index contributed by atoms with van der Waals surface area (Å²) in [6, 6.07) is 0. The lowest BCUT2D eigenvalue weighted by molar-refractivity contribution is -0.121. The fourth-order valence-electron chi connectivity index (χ4n) is 2.35. The average molecular weight is 286 g/mol. The van der Waals surface area contributed by atoms with Gasteiger partial charge in [-0.3, -0.25) is 4.79 Å². The molecule has 0 aliphatic heterocycles. The van der Waals surface area contributed by atoms with Crippen molar-refractivity contribution in [2.75, 3.05) is 19.7 Å². The van der Waals surface area contributed by atoms with Crippen LogP contribution < -0.4 is 10.6 Å². The maximum Gasteiger partial charge on any atom is 0.234 e. The molecule has 3 N–H and O–H groups in total. The quantitative estimate of drug-likeness (QED) is 0.658. The van der Waals surface area contributed by atoms with Crippen LogP contribution in [-0.2, 0) is 9.53 Å². The molecule has 0 heterocycles. The summed E-state index contributed by atoms with van der Waals surface area (Å²) in [6.45, 7) is 6.77. The lowest BCUT2D eigenvalue weighted by Gasteiger charge is -2.24. The highest BCUT2D eigenvalue weighted by Crippen LogP contribution is 2.20. The fraction of sp³-hybridized carbons (Fsp3) is 0.933. The third-order valence-electron chi connectivity index (χ3n) is 3.26. The minimum absolute atomic E-state index is 0.0575. The summed E-state index contributed by atoms with van der Waals surface area (Å²) in [5, 5.41) is 15.6. The third-order valence-corrected chi connectivity index (χ3v) is 3.26. The van der Waals surface area contributed by atoms with Crippen LogP contribution in [0, 0.1) is 0 Å². The smallest absolute Gasteiger partial charge is 0.234 e. The first kappa shape index (κ1) is 17.4. The van der Waals surface area contributed by atoms with E-state index >= 15 is 0 Å². The van der Waals surface area contributed by atoms with Crippen LogP contribution >= 0.6 is 0 Å². The van der Waals surface area contributed by atoms with E-state index in [9.17, 15) is 9.90 Å². The van der Waals surface area contributed by atoms with Crippen molar-refractivity contribution < 1.29 is 14.6 Å². The van der Waals surface area contributed by atoms with Crippen LogP contribution in [0.1, 0.15) is 52.9 Å². The molecular weight excluding hydrogens is 256 g/mol. The fourth-order valence-corrected chi connectivity index (χ4v) is 2.35. The van der Waals surface area contributed by atoms with Gasteiger partial charge in [-0.2, -0.15) is 0 Å². The molecule has 1 amide bonds. The topological polar surface area (TPSA) is 70.6 Å². The van der Waals surface area contributed by atoms with Crippen molar-refractivity contribution in [3.8, 4) is 0 Å². The van der Waals surface area contributed by atoms with Gasteiger partial charge in [-0.15, -0.1) is 0 Å². The Kier molecular flexibility index (Phi) is 7.48. The lowest BCUT2D eigenvalue weighted by atomic mass is 9.98. The molecule has 1 rings (SSSR count). The number of carbonyl (C=O) groups excluding carboxylic acids is 1. The van der Waals surface area contributed by atoms with Gasteiger partial charge in [0.2, 0.25) is 5.91 Å². The molecule has 0 spiro atoms. The number of rotatable bonds is 7. The molecule has 0 aromatic carbocycles. The van der Waals surface area contributed by atoms with E-state index in [1.165, 1.54) is 19.3 Å². The molecular formula is C15H30N2O3. The molecule has 1 aliphatic rings. The maximum absolute atomic E-state index is 11.6. The molecule has 0 aromatic heterocycles. The van der Waals surface area contributed by atoms with Crippen molar-refractivity contribution in [3.63, 3.8) is 0 Å². The molecule has 1 fully saturated rings. The number of nitrogens with one attached hydrogen (secondary N) is 2. The Labute approximate surface area is 122 Å². The maximum atomic E-state index is 11.6. The van der Waals surface area contributed by atoms with Crippen molar-refractivity contribution >= 4 is 5.91 Å². The van der Waals surface area contributed by atoms with E-state index < -0.39 is 6.10 Å². The number of carbonyl (C=O) groups is 1. The van der Waals surface area contributed by atoms with Gasteiger partial charge >= 0.3 is 0 Å². The van der Waals surface area contributed by atoms with Crippen LogP contribution in [0.3, 0.4) is 0 Å². The first-order valence-electron chi connectivity index (χ1n) is 7.68.